The molecule has 1 aromatic heterocycles. The SMILES string of the molecule is COCc1ccc(-n2nc(C(F)(F)F)cc2C)cc1F. The summed E-state index contributed by atoms with van der Waals surface area (Å²) >= 11 is 0. The largest absolute Gasteiger partial charge is 0.435 e. The summed E-state index contributed by atoms with van der Waals surface area (Å²) in [7, 11) is 1.43. The van der Waals surface area contributed by atoms with Crippen LogP contribution < -0.4 is 0 Å². The smallest absolute Gasteiger partial charge is 0.380 e. The minimum Gasteiger partial charge on any atom is -0.380 e. The maximum atomic E-state index is 13.8. The molecule has 0 bridgehead atoms. The van der Waals surface area contributed by atoms with E-state index >= 15 is 0 Å². The van der Waals surface area contributed by atoms with Crippen molar-refractivity contribution in [1.82, 2.24) is 9.78 Å². The van der Waals surface area contributed by atoms with Crippen LogP contribution in [0.1, 0.15) is 17.0 Å². The molecular formula is C13H12F4N2O. The first-order valence-corrected chi connectivity index (χ1v) is 5.74. The zero-order valence-corrected chi connectivity index (χ0v) is 10.8. The van der Waals surface area contributed by atoms with Crippen molar-refractivity contribution < 1.29 is 22.3 Å². The first-order chi connectivity index (χ1) is 9.32. The molecule has 1 heterocycles. The van der Waals surface area contributed by atoms with Gasteiger partial charge in [-0.15, -0.1) is 0 Å². The highest BCUT2D eigenvalue weighted by atomic mass is 19.4. The van der Waals surface area contributed by atoms with E-state index in [0.717, 1.165) is 16.8 Å². The van der Waals surface area contributed by atoms with Gasteiger partial charge in [0.05, 0.1) is 12.3 Å². The molecule has 0 fully saturated rings. The zero-order valence-electron chi connectivity index (χ0n) is 10.8. The lowest BCUT2D eigenvalue weighted by molar-refractivity contribution is -0.141. The van der Waals surface area contributed by atoms with E-state index < -0.39 is 17.7 Å². The van der Waals surface area contributed by atoms with E-state index in [1.807, 2.05) is 0 Å². The molecule has 0 aliphatic rings. The molecule has 20 heavy (non-hydrogen) atoms. The van der Waals surface area contributed by atoms with Crippen LogP contribution in [-0.2, 0) is 17.5 Å². The Labute approximate surface area is 112 Å². The normalized spacial score (nSPS) is 11.9. The number of aryl methyl sites for hydroxylation is 1. The molecule has 0 radical (unpaired) electrons. The number of methoxy groups -OCH3 is 1. The lowest BCUT2D eigenvalue weighted by atomic mass is 10.2. The highest BCUT2D eigenvalue weighted by Gasteiger charge is 2.34. The van der Waals surface area contributed by atoms with Gasteiger partial charge in [0.25, 0.3) is 0 Å². The van der Waals surface area contributed by atoms with Crippen molar-refractivity contribution in [1.29, 1.82) is 0 Å². The molecule has 0 aliphatic carbocycles. The predicted molar refractivity (Wildman–Crippen MR) is 64.0 cm³/mol. The molecule has 0 amide bonds. The number of rotatable bonds is 3. The van der Waals surface area contributed by atoms with E-state index in [4.69, 9.17) is 4.74 Å². The highest BCUT2D eigenvalue weighted by Crippen LogP contribution is 2.29. The third-order valence-electron chi connectivity index (χ3n) is 2.76. The minimum atomic E-state index is -4.52. The fourth-order valence-electron chi connectivity index (χ4n) is 1.81. The van der Waals surface area contributed by atoms with Crippen molar-refractivity contribution >= 4 is 0 Å². The Kier molecular flexibility index (Phi) is 3.80. The van der Waals surface area contributed by atoms with Crippen LogP contribution >= 0.6 is 0 Å². The van der Waals surface area contributed by atoms with Crippen LogP contribution in [0.4, 0.5) is 17.6 Å². The van der Waals surface area contributed by atoms with Crippen molar-refractivity contribution in [2.75, 3.05) is 7.11 Å². The van der Waals surface area contributed by atoms with Gasteiger partial charge in [0.15, 0.2) is 5.69 Å². The Balaban J connectivity index is 2.42. The molecule has 0 atom stereocenters. The summed E-state index contributed by atoms with van der Waals surface area (Å²) in [5, 5.41) is 3.46. The molecule has 2 aromatic rings. The van der Waals surface area contributed by atoms with Crippen molar-refractivity contribution in [2.24, 2.45) is 0 Å². The summed E-state index contributed by atoms with van der Waals surface area (Å²) in [5.41, 5.74) is -0.167. The summed E-state index contributed by atoms with van der Waals surface area (Å²) < 4.78 is 57.3. The van der Waals surface area contributed by atoms with Crippen molar-refractivity contribution in [3.05, 3.63) is 47.0 Å². The zero-order chi connectivity index (χ0) is 14.9. The lowest BCUT2D eigenvalue weighted by Gasteiger charge is -2.07. The van der Waals surface area contributed by atoms with Crippen LogP contribution in [0.15, 0.2) is 24.3 Å². The number of benzene rings is 1. The van der Waals surface area contributed by atoms with Gasteiger partial charge in [-0.3, -0.25) is 0 Å². The fourth-order valence-corrected chi connectivity index (χ4v) is 1.81. The number of hydrogen-bond acceptors (Lipinski definition) is 2. The summed E-state index contributed by atoms with van der Waals surface area (Å²) in [6.07, 6.45) is -4.52. The second kappa shape index (κ2) is 5.24. The standard InChI is InChI=1S/C13H12F4N2O/c1-8-5-12(13(15,16)17)18-19(8)10-4-3-9(7-20-2)11(14)6-10/h3-6H,7H2,1-2H3. The monoisotopic (exact) mass is 288 g/mol. The first-order valence-electron chi connectivity index (χ1n) is 5.74. The maximum Gasteiger partial charge on any atom is 0.435 e. The van der Waals surface area contributed by atoms with Crippen LogP contribution in [0.25, 0.3) is 5.69 Å². The predicted octanol–water partition coefficient (Wildman–Crippen LogP) is 3.49. The van der Waals surface area contributed by atoms with Gasteiger partial charge in [-0.25, -0.2) is 9.07 Å². The average molecular weight is 288 g/mol. The van der Waals surface area contributed by atoms with Crippen molar-refractivity contribution in [2.45, 2.75) is 19.7 Å². The number of nitrogens with zero attached hydrogens (tertiary/aromatic N) is 2. The topological polar surface area (TPSA) is 27.1 Å². The maximum absolute atomic E-state index is 13.8. The molecule has 3 nitrogen and oxygen atoms in total. The molecule has 0 aliphatic heterocycles. The summed E-state index contributed by atoms with van der Waals surface area (Å²) in [6, 6.07) is 5.01. The quantitative estimate of drug-likeness (QED) is 0.808. The Hall–Kier alpha value is -1.89. The summed E-state index contributed by atoms with van der Waals surface area (Å²) in [5.74, 6) is -0.548. The molecule has 0 spiro atoms. The van der Waals surface area contributed by atoms with Crippen LogP contribution in [-0.4, -0.2) is 16.9 Å². The van der Waals surface area contributed by atoms with Gasteiger partial charge in [0.2, 0.25) is 0 Å². The van der Waals surface area contributed by atoms with E-state index in [9.17, 15) is 17.6 Å². The summed E-state index contributed by atoms with van der Waals surface area (Å²) in [4.78, 5) is 0. The molecule has 108 valence electrons. The van der Waals surface area contributed by atoms with E-state index in [0.29, 0.717) is 5.56 Å². The van der Waals surface area contributed by atoms with E-state index in [1.54, 1.807) is 0 Å². The molecule has 1 aromatic carbocycles. The van der Waals surface area contributed by atoms with Gasteiger partial charge >= 0.3 is 6.18 Å². The third kappa shape index (κ3) is 2.82. The van der Waals surface area contributed by atoms with E-state index in [1.165, 1.54) is 26.2 Å². The molecule has 0 saturated carbocycles. The van der Waals surface area contributed by atoms with Crippen LogP contribution in [0.5, 0.6) is 0 Å². The number of halogens is 4. The Bertz CT molecular complexity index is 619. The van der Waals surface area contributed by atoms with Crippen molar-refractivity contribution in [3.8, 4) is 5.69 Å². The third-order valence-corrected chi connectivity index (χ3v) is 2.76. The lowest BCUT2D eigenvalue weighted by Crippen LogP contribution is -2.07. The van der Waals surface area contributed by atoms with Gasteiger partial charge in [0.1, 0.15) is 5.82 Å². The number of alkyl halides is 3. The highest BCUT2D eigenvalue weighted by molar-refractivity contribution is 5.37. The van der Waals surface area contributed by atoms with Crippen molar-refractivity contribution in [3.63, 3.8) is 0 Å². The molecule has 7 heteroatoms. The summed E-state index contributed by atoms with van der Waals surface area (Å²) in [6.45, 7) is 1.57. The minimum absolute atomic E-state index is 0.0952. The molecular weight excluding hydrogens is 276 g/mol. The van der Waals surface area contributed by atoms with Crippen LogP contribution in [0, 0.1) is 12.7 Å². The average Bonchev–Trinajstić information content (AvgIpc) is 2.74. The molecule has 2 rings (SSSR count). The molecule has 0 unspecified atom stereocenters. The fraction of sp³-hybridized carbons (Fsp3) is 0.308. The van der Waals surface area contributed by atoms with E-state index in [2.05, 4.69) is 5.10 Å². The second-order valence-electron chi connectivity index (χ2n) is 4.29. The molecule has 0 N–H and O–H groups in total. The Morgan fingerprint density at radius 2 is 1.95 bits per heavy atom. The van der Waals surface area contributed by atoms with Crippen LogP contribution in [0.2, 0.25) is 0 Å². The first kappa shape index (κ1) is 14.5. The van der Waals surface area contributed by atoms with Gasteiger partial charge < -0.3 is 4.74 Å². The van der Waals surface area contributed by atoms with Gasteiger partial charge in [-0.2, -0.15) is 18.3 Å². The molecule has 0 saturated heterocycles. The van der Waals surface area contributed by atoms with E-state index in [-0.39, 0.29) is 18.0 Å². The number of aromatic nitrogens is 2. The Morgan fingerprint density at radius 3 is 2.45 bits per heavy atom. The van der Waals surface area contributed by atoms with Gasteiger partial charge in [-0.1, -0.05) is 6.07 Å². The van der Waals surface area contributed by atoms with Gasteiger partial charge in [0, 0.05) is 18.4 Å². The van der Waals surface area contributed by atoms with Gasteiger partial charge in [-0.05, 0) is 25.1 Å². The Morgan fingerprint density at radius 1 is 1.25 bits per heavy atom. The number of hydrogen-bond donors (Lipinski definition) is 0. The number of ether oxygens (including phenoxy) is 1. The van der Waals surface area contributed by atoms with Crippen LogP contribution in [0.3, 0.4) is 0 Å². The second-order valence-corrected chi connectivity index (χ2v) is 4.29.